The van der Waals surface area contributed by atoms with Crippen molar-refractivity contribution in [1.82, 2.24) is 15.2 Å². The first-order valence-electron chi connectivity index (χ1n) is 8.06. The second-order valence-corrected chi connectivity index (χ2v) is 7.28. The molecule has 1 N–H and O–H groups in total. The minimum atomic E-state index is -0.300. The summed E-state index contributed by atoms with van der Waals surface area (Å²) in [6.07, 6.45) is 1.62. The Kier molecular flexibility index (Phi) is 4.44. The van der Waals surface area contributed by atoms with E-state index in [2.05, 4.69) is 15.2 Å². The average molecular weight is 323 g/mol. The maximum atomic E-state index is 12.3. The quantitative estimate of drug-likeness (QED) is 0.887. The topological polar surface area (TPSA) is 76.8 Å². The summed E-state index contributed by atoms with van der Waals surface area (Å²) in [7, 11) is 0. The molecule has 1 aromatic rings. The van der Waals surface area contributed by atoms with Crippen LogP contribution in [0.15, 0.2) is 10.6 Å². The molecule has 0 aromatic carbocycles. The Labute approximate surface area is 136 Å². The van der Waals surface area contributed by atoms with Gasteiger partial charge in [-0.15, -0.1) is 0 Å². The monoisotopic (exact) mass is 323 g/mol. The van der Waals surface area contributed by atoms with E-state index in [9.17, 15) is 4.79 Å². The van der Waals surface area contributed by atoms with E-state index in [1.807, 2.05) is 20.8 Å². The first-order valence-corrected chi connectivity index (χ1v) is 8.06. The maximum absolute atomic E-state index is 12.3. The summed E-state index contributed by atoms with van der Waals surface area (Å²) < 4.78 is 16.8. The third-order valence-corrected chi connectivity index (χ3v) is 4.44. The number of morpholine rings is 2. The maximum Gasteiger partial charge on any atom is 0.307 e. The lowest BCUT2D eigenvalue weighted by atomic mass is 9.94. The van der Waals surface area contributed by atoms with Gasteiger partial charge < -0.3 is 19.2 Å². The van der Waals surface area contributed by atoms with Gasteiger partial charge in [0.2, 0.25) is 0 Å². The van der Waals surface area contributed by atoms with Crippen LogP contribution in [0.3, 0.4) is 0 Å². The number of hydrogen-bond acceptors (Lipinski definition) is 6. The summed E-state index contributed by atoms with van der Waals surface area (Å²) in [5.41, 5.74) is -0.457. The summed E-state index contributed by atoms with van der Waals surface area (Å²) >= 11 is 0. The molecule has 0 unspecified atom stereocenters. The lowest BCUT2D eigenvalue weighted by Crippen LogP contribution is -2.67. The Hall–Kier alpha value is -1.44. The van der Waals surface area contributed by atoms with Crippen molar-refractivity contribution in [1.29, 1.82) is 0 Å². The molecule has 1 aromatic heterocycles. The Balaban J connectivity index is 1.65. The van der Waals surface area contributed by atoms with Gasteiger partial charge in [0.15, 0.2) is 0 Å². The van der Waals surface area contributed by atoms with Crippen LogP contribution in [0, 0.1) is 0 Å². The van der Waals surface area contributed by atoms with Crippen LogP contribution in [0.5, 0.6) is 0 Å². The number of amides is 1. The van der Waals surface area contributed by atoms with Gasteiger partial charge in [-0.25, -0.2) is 4.98 Å². The van der Waals surface area contributed by atoms with Crippen LogP contribution in [-0.4, -0.2) is 67.4 Å². The SMILES string of the molecule is CC(C)(C)c1cnc(C(=O)NCC23COCCN2CCOC3)o1. The van der Waals surface area contributed by atoms with Crippen LogP contribution < -0.4 is 5.32 Å². The van der Waals surface area contributed by atoms with E-state index in [1.165, 1.54) is 0 Å². The Bertz CT molecular complexity index is 552. The standard InChI is InChI=1S/C16H25N3O4/c1-15(2,3)12-8-17-14(23-12)13(20)18-9-16-10-21-6-4-19(16)5-7-22-11-16/h8H,4-7,9-11H2,1-3H3,(H,18,20). The van der Waals surface area contributed by atoms with Gasteiger partial charge in [0.25, 0.3) is 5.89 Å². The Morgan fingerprint density at radius 3 is 2.52 bits per heavy atom. The van der Waals surface area contributed by atoms with Crippen molar-refractivity contribution < 1.29 is 18.7 Å². The Morgan fingerprint density at radius 2 is 1.96 bits per heavy atom. The summed E-state index contributed by atoms with van der Waals surface area (Å²) in [5, 5.41) is 2.93. The average Bonchev–Trinajstić information content (AvgIpc) is 3.03. The number of nitrogens with zero attached hydrogens (tertiary/aromatic N) is 2. The molecule has 3 rings (SSSR count). The second kappa shape index (κ2) is 6.22. The van der Waals surface area contributed by atoms with Crippen LogP contribution in [-0.2, 0) is 14.9 Å². The van der Waals surface area contributed by atoms with E-state index in [1.54, 1.807) is 6.20 Å². The van der Waals surface area contributed by atoms with Gasteiger partial charge >= 0.3 is 5.91 Å². The van der Waals surface area contributed by atoms with Crippen molar-refractivity contribution >= 4 is 5.91 Å². The number of carbonyl (C=O) groups is 1. The van der Waals surface area contributed by atoms with Crippen molar-refractivity contribution in [2.24, 2.45) is 0 Å². The van der Waals surface area contributed by atoms with Gasteiger partial charge in [-0.2, -0.15) is 0 Å². The van der Waals surface area contributed by atoms with Gasteiger partial charge in [-0.3, -0.25) is 9.69 Å². The molecule has 0 spiro atoms. The highest BCUT2D eigenvalue weighted by molar-refractivity contribution is 5.89. The number of oxazole rings is 1. The van der Waals surface area contributed by atoms with Crippen LogP contribution >= 0.6 is 0 Å². The second-order valence-electron chi connectivity index (χ2n) is 7.28. The Morgan fingerprint density at radius 1 is 1.30 bits per heavy atom. The van der Waals surface area contributed by atoms with Gasteiger partial charge in [0.1, 0.15) is 5.76 Å². The zero-order chi connectivity index (χ0) is 16.5. The molecular formula is C16H25N3O4. The smallest absolute Gasteiger partial charge is 0.307 e. The molecule has 3 heterocycles. The van der Waals surface area contributed by atoms with Crippen LogP contribution in [0.4, 0.5) is 0 Å². The third-order valence-electron chi connectivity index (χ3n) is 4.44. The zero-order valence-electron chi connectivity index (χ0n) is 14.1. The molecule has 0 aliphatic carbocycles. The summed E-state index contributed by atoms with van der Waals surface area (Å²) in [5.74, 6) is 0.502. The highest BCUT2D eigenvalue weighted by Gasteiger charge is 2.42. The molecule has 0 atom stereocenters. The van der Waals surface area contributed by atoms with E-state index in [4.69, 9.17) is 13.9 Å². The highest BCUT2D eigenvalue weighted by Crippen LogP contribution is 2.24. The largest absolute Gasteiger partial charge is 0.437 e. The third kappa shape index (κ3) is 3.41. The molecule has 2 aliphatic rings. The van der Waals surface area contributed by atoms with E-state index in [-0.39, 0.29) is 22.8 Å². The van der Waals surface area contributed by atoms with Crippen molar-refractivity contribution in [2.75, 3.05) is 46.1 Å². The predicted molar refractivity (Wildman–Crippen MR) is 83.5 cm³/mol. The number of rotatable bonds is 3. The molecule has 128 valence electrons. The fraction of sp³-hybridized carbons (Fsp3) is 0.750. The molecule has 23 heavy (non-hydrogen) atoms. The van der Waals surface area contributed by atoms with Gasteiger partial charge in [-0.1, -0.05) is 20.8 Å². The number of aromatic nitrogens is 1. The summed E-state index contributed by atoms with van der Waals surface area (Å²) in [6.45, 7) is 10.8. The number of fused-ring (bicyclic) bond motifs is 1. The van der Waals surface area contributed by atoms with Crippen LogP contribution in [0.25, 0.3) is 0 Å². The number of nitrogens with one attached hydrogen (secondary N) is 1. The van der Waals surface area contributed by atoms with E-state index >= 15 is 0 Å². The minimum Gasteiger partial charge on any atom is -0.437 e. The molecular weight excluding hydrogens is 298 g/mol. The van der Waals surface area contributed by atoms with E-state index in [0.717, 1.165) is 26.3 Å². The van der Waals surface area contributed by atoms with Crippen LogP contribution in [0.1, 0.15) is 37.2 Å². The molecule has 2 saturated heterocycles. The van der Waals surface area contributed by atoms with Crippen molar-refractivity contribution in [3.63, 3.8) is 0 Å². The molecule has 2 aliphatic heterocycles. The minimum absolute atomic E-state index is 0.103. The first-order chi connectivity index (χ1) is 10.9. The summed E-state index contributed by atoms with van der Waals surface area (Å²) in [4.78, 5) is 18.8. The number of hydrogen-bond donors (Lipinski definition) is 1. The molecule has 1 amide bonds. The molecule has 7 heteroatoms. The lowest BCUT2D eigenvalue weighted by Gasteiger charge is -2.49. The van der Waals surface area contributed by atoms with Gasteiger partial charge in [-0.05, 0) is 0 Å². The lowest BCUT2D eigenvalue weighted by molar-refractivity contribution is -0.139. The fourth-order valence-electron chi connectivity index (χ4n) is 2.94. The number of carbonyl (C=O) groups excluding carboxylic acids is 1. The summed E-state index contributed by atoms with van der Waals surface area (Å²) in [6, 6.07) is 0. The van der Waals surface area contributed by atoms with Crippen molar-refractivity contribution in [3.05, 3.63) is 17.8 Å². The molecule has 0 saturated carbocycles. The fourth-order valence-corrected chi connectivity index (χ4v) is 2.94. The molecule has 0 radical (unpaired) electrons. The molecule has 0 bridgehead atoms. The molecule has 2 fully saturated rings. The van der Waals surface area contributed by atoms with Gasteiger partial charge in [0, 0.05) is 25.0 Å². The van der Waals surface area contributed by atoms with Gasteiger partial charge in [0.05, 0.1) is 38.2 Å². The zero-order valence-corrected chi connectivity index (χ0v) is 14.1. The normalized spacial score (nSPS) is 21.7. The predicted octanol–water partition coefficient (Wildman–Crippen LogP) is 0.803. The van der Waals surface area contributed by atoms with E-state index < -0.39 is 0 Å². The van der Waals surface area contributed by atoms with E-state index in [0.29, 0.717) is 25.5 Å². The first kappa shape index (κ1) is 16.4. The molecule has 7 nitrogen and oxygen atoms in total. The van der Waals surface area contributed by atoms with Crippen molar-refractivity contribution in [3.8, 4) is 0 Å². The highest BCUT2D eigenvalue weighted by atomic mass is 16.5. The number of ether oxygens (including phenoxy) is 2. The van der Waals surface area contributed by atoms with Crippen LogP contribution in [0.2, 0.25) is 0 Å². The van der Waals surface area contributed by atoms with Crippen molar-refractivity contribution in [2.45, 2.75) is 31.7 Å².